The van der Waals surface area contributed by atoms with E-state index in [4.69, 9.17) is 0 Å². The molecule has 2 aromatic carbocycles. The SMILES string of the molecule is CC(=O)c1ccc(-c2ccc(-c3cccs3)cc2)cc1. The van der Waals surface area contributed by atoms with E-state index in [9.17, 15) is 4.79 Å². The van der Waals surface area contributed by atoms with Crippen LogP contribution in [0.2, 0.25) is 0 Å². The van der Waals surface area contributed by atoms with Crippen LogP contribution < -0.4 is 0 Å². The van der Waals surface area contributed by atoms with Gasteiger partial charge in [-0.2, -0.15) is 0 Å². The Balaban J connectivity index is 1.89. The molecule has 0 atom stereocenters. The molecular formula is C18H14OS. The van der Waals surface area contributed by atoms with E-state index in [0.29, 0.717) is 0 Å². The summed E-state index contributed by atoms with van der Waals surface area (Å²) in [6.45, 7) is 1.59. The van der Waals surface area contributed by atoms with Gasteiger partial charge in [-0.05, 0) is 35.1 Å². The second-order valence-corrected chi connectivity index (χ2v) is 5.64. The Hall–Kier alpha value is -2.19. The van der Waals surface area contributed by atoms with Gasteiger partial charge < -0.3 is 0 Å². The van der Waals surface area contributed by atoms with Gasteiger partial charge in [-0.25, -0.2) is 0 Å². The third-order valence-corrected chi connectivity index (χ3v) is 4.23. The Morgan fingerprint density at radius 1 is 0.800 bits per heavy atom. The molecule has 20 heavy (non-hydrogen) atoms. The van der Waals surface area contributed by atoms with E-state index in [2.05, 4.69) is 41.8 Å². The number of carbonyl (C=O) groups excluding carboxylic acids is 1. The van der Waals surface area contributed by atoms with Crippen molar-refractivity contribution in [1.29, 1.82) is 0 Å². The lowest BCUT2D eigenvalue weighted by Crippen LogP contribution is -1.90. The Morgan fingerprint density at radius 2 is 1.35 bits per heavy atom. The highest BCUT2D eigenvalue weighted by Gasteiger charge is 2.02. The highest BCUT2D eigenvalue weighted by atomic mass is 32.1. The number of hydrogen-bond donors (Lipinski definition) is 0. The molecular weight excluding hydrogens is 264 g/mol. The summed E-state index contributed by atoms with van der Waals surface area (Å²) in [5.74, 6) is 0.101. The molecule has 0 unspecified atom stereocenters. The van der Waals surface area contributed by atoms with Crippen molar-refractivity contribution in [3.8, 4) is 21.6 Å². The van der Waals surface area contributed by atoms with Gasteiger partial charge in [0.1, 0.15) is 0 Å². The summed E-state index contributed by atoms with van der Waals surface area (Å²) in [7, 11) is 0. The van der Waals surface area contributed by atoms with E-state index in [1.807, 2.05) is 24.3 Å². The molecule has 1 nitrogen and oxygen atoms in total. The standard InChI is InChI=1S/C18H14OS/c1-13(19)14-4-6-15(7-5-14)16-8-10-17(11-9-16)18-3-2-12-20-18/h2-12H,1H3. The van der Waals surface area contributed by atoms with Gasteiger partial charge in [0.25, 0.3) is 0 Å². The minimum Gasteiger partial charge on any atom is -0.295 e. The maximum atomic E-state index is 11.3. The Kier molecular flexibility index (Phi) is 3.48. The number of carbonyl (C=O) groups is 1. The van der Waals surface area contributed by atoms with Crippen LogP contribution in [-0.4, -0.2) is 5.78 Å². The molecule has 0 fully saturated rings. The minimum atomic E-state index is 0.101. The Labute approximate surface area is 122 Å². The molecule has 98 valence electrons. The predicted octanol–water partition coefficient (Wildman–Crippen LogP) is 5.28. The third-order valence-electron chi connectivity index (χ3n) is 3.32. The van der Waals surface area contributed by atoms with Crippen molar-refractivity contribution in [2.24, 2.45) is 0 Å². The van der Waals surface area contributed by atoms with Crippen LogP contribution in [0.25, 0.3) is 21.6 Å². The second-order valence-electron chi connectivity index (χ2n) is 4.69. The number of Topliss-reactive ketones (excluding diaryl/α,β-unsaturated/α-hetero) is 1. The molecule has 0 aliphatic carbocycles. The lowest BCUT2D eigenvalue weighted by molar-refractivity contribution is 0.101. The molecule has 0 radical (unpaired) electrons. The van der Waals surface area contributed by atoms with Crippen LogP contribution >= 0.6 is 11.3 Å². The van der Waals surface area contributed by atoms with Crippen LogP contribution in [0.4, 0.5) is 0 Å². The quantitative estimate of drug-likeness (QED) is 0.595. The number of rotatable bonds is 3. The van der Waals surface area contributed by atoms with Gasteiger partial charge in [-0.15, -0.1) is 11.3 Å². The molecule has 0 bridgehead atoms. The topological polar surface area (TPSA) is 17.1 Å². The average Bonchev–Trinajstić information content (AvgIpc) is 3.02. The van der Waals surface area contributed by atoms with Crippen LogP contribution in [0, 0.1) is 0 Å². The minimum absolute atomic E-state index is 0.101. The van der Waals surface area contributed by atoms with Crippen LogP contribution in [0.3, 0.4) is 0 Å². The molecule has 1 aromatic heterocycles. The van der Waals surface area contributed by atoms with Crippen LogP contribution in [0.5, 0.6) is 0 Å². The summed E-state index contributed by atoms with van der Waals surface area (Å²) in [5.41, 5.74) is 4.29. The van der Waals surface area contributed by atoms with Crippen molar-refractivity contribution in [2.45, 2.75) is 6.92 Å². The summed E-state index contributed by atoms with van der Waals surface area (Å²) in [5, 5.41) is 2.09. The van der Waals surface area contributed by atoms with Crippen molar-refractivity contribution in [1.82, 2.24) is 0 Å². The van der Waals surface area contributed by atoms with E-state index < -0.39 is 0 Å². The Morgan fingerprint density at radius 3 is 1.85 bits per heavy atom. The number of benzene rings is 2. The van der Waals surface area contributed by atoms with E-state index in [1.165, 1.54) is 16.0 Å². The first-order chi connectivity index (χ1) is 9.74. The largest absolute Gasteiger partial charge is 0.295 e. The average molecular weight is 278 g/mol. The number of ketones is 1. The second kappa shape index (κ2) is 5.43. The molecule has 0 aliphatic heterocycles. The normalized spacial score (nSPS) is 10.4. The van der Waals surface area contributed by atoms with Crippen LogP contribution in [0.1, 0.15) is 17.3 Å². The molecule has 0 aliphatic rings. The monoisotopic (exact) mass is 278 g/mol. The number of thiophene rings is 1. The molecule has 2 heteroatoms. The highest BCUT2D eigenvalue weighted by Crippen LogP contribution is 2.27. The lowest BCUT2D eigenvalue weighted by atomic mass is 10.0. The van der Waals surface area contributed by atoms with E-state index in [1.54, 1.807) is 18.3 Å². The van der Waals surface area contributed by atoms with E-state index >= 15 is 0 Å². The van der Waals surface area contributed by atoms with Gasteiger partial charge in [-0.1, -0.05) is 54.6 Å². The molecule has 0 saturated carbocycles. The zero-order valence-electron chi connectivity index (χ0n) is 11.2. The van der Waals surface area contributed by atoms with E-state index in [0.717, 1.165) is 11.1 Å². The van der Waals surface area contributed by atoms with Crippen molar-refractivity contribution in [2.75, 3.05) is 0 Å². The fourth-order valence-corrected chi connectivity index (χ4v) is 2.90. The molecule has 3 aromatic rings. The summed E-state index contributed by atoms with van der Waals surface area (Å²) in [6, 6.07) is 20.5. The fraction of sp³-hybridized carbons (Fsp3) is 0.0556. The van der Waals surface area contributed by atoms with Gasteiger partial charge >= 0.3 is 0 Å². The first-order valence-electron chi connectivity index (χ1n) is 6.49. The fourth-order valence-electron chi connectivity index (χ4n) is 2.17. The molecule has 3 rings (SSSR count). The molecule has 1 heterocycles. The van der Waals surface area contributed by atoms with Crippen LogP contribution in [0.15, 0.2) is 66.0 Å². The summed E-state index contributed by atoms with van der Waals surface area (Å²) in [6.07, 6.45) is 0. The van der Waals surface area contributed by atoms with Gasteiger partial charge in [0.15, 0.2) is 5.78 Å². The highest BCUT2D eigenvalue weighted by molar-refractivity contribution is 7.13. The smallest absolute Gasteiger partial charge is 0.159 e. The van der Waals surface area contributed by atoms with Crippen LogP contribution in [-0.2, 0) is 0 Å². The molecule has 0 spiro atoms. The third kappa shape index (κ3) is 2.56. The van der Waals surface area contributed by atoms with Gasteiger partial charge in [-0.3, -0.25) is 4.79 Å². The maximum absolute atomic E-state index is 11.3. The van der Waals surface area contributed by atoms with Gasteiger partial charge in [0, 0.05) is 10.4 Å². The van der Waals surface area contributed by atoms with E-state index in [-0.39, 0.29) is 5.78 Å². The van der Waals surface area contributed by atoms with Gasteiger partial charge in [0.2, 0.25) is 0 Å². The van der Waals surface area contributed by atoms with Crippen molar-refractivity contribution in [3.63, 3.8) is 0 Å². The first-order valence-corrected chi connectivity index (χ1v) is 7.37. The zero-order chi connectivity index (χ0) is 13.9. The predicted molar refractivity (Wildman–Crippen MR) is 85.2 cm³/mol. The lowest BCUT2D eigenvalue weighted by Gasteiger charge is -2.04. The molecule has 0 saturated heterocycles. The first kappa shape index (κ1) is 12.8. The zero-order valence-corrected chi connectivity index (χ0v) is 12.0. The van der Waals surface area contributed by atoms with Crippen molar-refractivity contribution in [3.05, 3.63) is 71.6 Å². The van der Waals surface area contributed by atoms with Crippen molar-refractivity contribution >= 4 is 17.1 Å². The summed E-state index contributed by atoms with van der Waals surface area (Å²) >= 11 is 1.75. The maximum Gasteiger partial charge on any atom is 0.159 e. The number of hydrogen-bond acceptors (Lipinski definition) is 2. The summed E-state index contributed by atoms with van der Waals surface area (Å²) in [4.78, 5) is 12.6. The Bertz CT molecular complexity index is 707. The van der Waals surface area contributed by atoms with Gasteiger partial charge in [0.05, 0.1) is 0 Å². The van der Waals surface area contributed by atoms with Crippen molar-refractivity contribution < 1.29 is 4.79 Å². The summed E-state index contributed by atoms with van der Waals surface area (Å²) < 4.78 is 0. The molecule has 0 amide bonds. The molecule has 0 N–H and O–H groups in total.